The summed E-state index contributed by atoms with van der Waals surface area (Å²) in [7, 11) is 0. The molecule has 0 saturated carbocycles. The van der Waals surface area contributed by atoms with Crippen LogP contribution in [-0.4, -0.2) is 17.9 Å². The van der Waals surface area contributed by atoms with Crippen LogP contribution in [0, 0.1) is 0 Å². The summed E-state index contributed by atoms with van der Waals surface area (Å²) in [6.07, 6.45) is -1.24. The number of nitrogens with one attached hydrogen (secondary N) is 2. The molecule has 3 rings (SSSR count). The van der Waals surface area contributed by atoms with Gasteiger partial charge in [0.2, 0.25) is 0 Å². The molecule has 0 spiro atoms. The normalized spacial score (nSPS) is 16.4. The maximum absolute atomic E-state index is 12.2. The summed E-state index contributed by atoms with van der Waals surface area (Å²) in [4.78, 5) is 24.1. The van der Waals surface area contributed by atoms with Crippen LogP contribution in [-0.2, 0) is 9.59 Å². The Kier molecular flexibility index (Phi) is 3.50. The highest BCUT2D eigenvalue weighted by Crippen LogP contribution is 2.29. The van der Waals surface area contributed by atoms with Crippen LogP contribution in [0.1, 0.15) is 0 Å². The molecule has 0 saturated heterocycles. The number of amides is 2. The molecule has 0 aliphatic carbocycles. The maximum Gasteiger partial charge on any atom is 0.275 e. The van der Waals surface area contributed by atoms with Gasteiger partial charge in [-0.3, -0.25) is 9.59 Å². The number of rotatable bonds is 2. The fraction of sp³-hybridized carbons (Fsp3) is 0.0667. The molecule has 2 amide bonds. The standard InChI is InChI=1S/C15H11ClN2O3/c16-9-4-3-5-10(8-9)17-14(19)13-15(20)18-11-6-1-2-7-12(11)21-13/h1-8,13H,(H,17,19)(H,18,20). The fourth-order valence-electron chi connectivity index (χ4n) is 2.00. The van der Waals surface area contributed by atoms with E-state index in [0.29, 0.717) is 22.1 Å². The molecular formula is C15H11ClN2O3. The van der Waals surface area contributed by atoms with Gasteiger partial charge in [0.1, 0.15) is 5.75 Å². The van der Waals surface area contributed by atoms with E-state index < -0.39 is 17.9 Å². The molecule has 2 aromatic carbocycles. The van der Waals surface area contributed by atoms with Gasteiger partial charge in [0.05, 0.1) is 5.69 Å². The molecule has 0 radical (unpaired) electrons. The van der Waals surface area contributed by atoms with Gasteiger partial charge in [0.15, 0.2) is 0 Å². The van der Waals surface area contributed by atoms with E-state index in [-0.39, 0.29) is 0 Å². The van der Waals surface area contributed by atoms with Crippen LogP contribution < -0.4 is 15.4 Å². The molecule has 21 heavy (non-hydrogen) atoms. The highest BCUT2D eigenvalue weighted by molar-refractivity contribution is 6.31. The molecule has 0 aromatic heterocycles. The molecule has 2 N–H and O–H groups in total. The zero-order valence-electron chi connectivity index (χ0n) is 10.8. The van der Waals surface area contributed by atoms with Crippen molar-refractivity contribution < 1.29 is 14.3 Å². The number of hydrogen-bond acceptors (Lipinski definition) is 3. The number of benzene rings is 2. The third kappa shape index (κ3) is 2.83. The molecule has 1 heterocycles. The molecule has 1 aliphatic heterocycles. The number of ether oxygens (including phenoxy) is 1. The predicted octanol–water partition coefficient (Wildman–Crippen LogP) is 2.68. The largest absolute Gasteiger partial charge is 0.468 e. The number of carbonyl (C=O) groups is 2. The van der Waals surface area contributed by atoms with Crippen LogP contribution in [0.3, 0.4) is 0 Å². The highest BCUT2D eigenvalue weighted by atomic mass is 35.5. The van der Waals surface area contributed by atoms with Crippen molar-refractivity contribution in [2.75, 3.05) is 10.6 Å². The molecule has 5 nitrogen and oxygen atoms in total. The van der Waals surface area contributed by atoms with Gasteiger partial charge >= 0.3 is 0 Å². The van der Waals surface area contributed by atoms with Crippen LogP contribution >= 0.6 is 11.6 Å². The Morgan fingerprint density at radius 2 is 2.00 bits per heavy atom. The smallest absolute Gasteiger partial charge is 0.275 e. The minimum atomic E-state index is -1.24. The van der Waals surface area contributed by atoms with E-state index in [1.165, 1.54) is 0 Å². The monoisotopic (exact) mass is 302 g/mol. The minimum Gasteiger partial charge on any atom is -0.468 e. The maximum atomic E-state index is 12.2. The molecule has 2 aromatic rings. The Labute approximate surface area is 125 Å². The lowest BCUT2D eigenvalue weighted by Gasteiger charge is -2.24. The van der Waals surface area contributed by atoms with Crippen molar-refractivity contribution in [1.29, 1.82) is 0 Å². The lowest BCUT2D eigenvalue weighted by atomic mass is 10.2. The van der Waals surface area contributed by atoms with E-state index in [1.54, 1.807) is 48.5 Å². The van der Waals surface area contributed by atoms with E-state index in [0.717, 1.165) is 0 Å². The van der Waals surface area contributed by atoms with Crippen LogP contribution in [0.4, 0.5) is 11.4 Å². The van der Waals surface area contributed by atoms with Gasteiger partial charge in [-0.1, -0.05) is 29.8 Å². The summed E-state index contributed by atoms with van der Waals surface area (Å²) in [5, 5.41) is 5.73. The highest BCUT2D eigenvalue weighted by Gasteiger charge is 2.33. The summed E-state index contributed by atoms with van der Waals surface area (Å²) < 4.78 is 5.45. The van der Waals surface area contributed by atoms with Crippen molar-refractivity contribution >= 4 is 34.8 Å². The number of halogens is 1. The van der Waals surface area contributed by atoms with Crippen LogP contribution in [0.25, 0.3) is 0 Å². The Hall–Kier alpha value is -2.53. The summed E-state index contributed by atoms with van der Waals surface area (Å²) in [6.45, 7) is 0. The topological polar surface area (TPSA) is 67.4 Å². The molecule has 6 heteroatoms. The molecule has 1 aliphatic rings. The van der Waals surface area contributed by atoms with Gasteiger partial charge in [-0.05, 0) is 30.3 Å². The number of para-hydroxylation sites is 2. The predicted molar refractivity (Wildman–Crippen MR) is 79.6 cm³/mol. The van der Waals surface area contributed by atoms with Crippen molar-refractivity contribution in [3.63, 3.8) is 0 Å². The summed E-state index contributed by atoms with van der Waals surface area (Å²) in [5.41, 5.74) is 1.05. The second-order valence-corrected chi connectivity index (χ2v) is 4.92. The van der Waals surface area contributed by atoms with Gasteiger partial charge in [-0.2, -0.15) is 0 Å². The lowest BCUT2D eigenvalue weighted by molar-refractivity contribution is -0.133. The third-order valence-corrected chi connectivity index (χ3v) is 3.19. The first-order valence-electron chi connectivity index (χ1n) is 6.26. The quantitative estimate of drug-likeness (QED) is 0.838. The van der Waals surface area contributed by atoms with Crippen LogP contribution in [0.5, 0.6) is 5.75 Å². The summed E-state index contributed by atoms with van der Waals surface area (Å²) in [6, 6.07) is 13.6. The first-order chi connectivity index (χ1) is 10.1. The molecule has 0 fully saturated rings. The van der Waals surface area contributed by atoms with Crippen molar-refractivity contribution in [3.8, 4) is 5.75 Å². The molecular weight excluding hydrogens is 292 g/mol. The van der Waals surface area contributed by atoms with Crippen LogP contribution in [0.2, 0.25) is 5.02 Å². The molecule has 1 unspecified atom stereocenters. The van der Waals surface area contributed by atoms with Gasteiger partial charge in [0.25, 0.3) is 17.9 Å². The Morgan fingerprint density at radius 3 is 2.81 bits per heavy atom. The van der Waals surface area contributed by atoms with Gasteiger partial charge in [-0.15, -0.1) is 0 Å². The zero-order chi connectivity index (χ0) is 14.8. The SMILES string of the molecule is O=C(Nc1cccc(Cl)c1)C1Oc2ccccc2NC1=O. The van der Waals surface area contributed by atoms with E-state index >= 15 is 0 Å². The van der Waals surface area contributed by atoms with Crippen molar-refractivity contribution in [2.24, 2.45) is 0 Å². The number of hydrogen-bond donors (Lipinski definition) is 2. The van der Waals surface area contributed by atoms with Crippen LogP contribution in [0.15, 0.2) is 48.5 Å². The lowest BCUT2D eigenvalue weighted by Crippen LogP contribution is -2.45. The fourth-order valence-corrected chi connectivity index (χ4v) is 2.19. The molecule has 0 bridgehead atoms. The van der Waals surface area contributed by atoms with E-state index in [2.05, 4.69) is 10.6 Å². The van der Waals surface area contributed by atoms with Gasteiger partial charge in [0, 0.05) is 10.7 Å². The summed E-state index contributed by atoms with van der Waals surface area (Å²) >= 11 is 5.85. The number of fused-ring (bicyclic) bond motifs is 1. The van der Waals surface area contributed by atoms with Gasteiger partial charge < -0.3 is 15.4 Å². The molecule has 106 valence electrons. The zero-order valence-corrected chi connectivity index (χ0v) is 11.6. The third-order valence-electron chi connectivity index (χ3n) is 2.96. The first-order valence-corrected chi connectivity index (χ1v) is 6.64. The Balaban J connectivity index is 1.78. The Bertz CT molecular complexity index is 718. The van der Waals surface area contributed by atoms with Crippen molar-refractivity contribution in [2.45, 2.75) is 6.10 Å². The second kappa shape index (κ2) is 5.46. The number of carbonyl (C=O) groups excluding carboxylic acids is 2. The van der Waals surface area contributed by atoms with Crippen molar-refractivity contribution in [1.82, 2.24) is 0 Å². The van der Waals surface area contributed by atoms with E-state index in [9.17, 15) is 9.59 Å². The van der Waals surface area contributed by atoms with E-state index in [1.807, 2.05) is 0 Å². The Morgan fingerprint density at radius 1 is 1.19 bits per heavy atom. The minimum absolute atomic E-state index is 0.461. The van der Waals surface area contributed by atoms with Crippen molar-refractivity contribution in [3.05, 3.63) is 53.6 Å². The van der Waals surface area contributed by atoms with E-state index in [4.69, 9.17) is 16.3 Å². The average Bonchev–Trinajstić information content (AvgIpc) is 2.46. The first kappa shape index (κ1) is 13.5. The van der Waals surface area contributed by atoms with Gasteiger partial charge in [-0.25, -0.2) is 0 Å². The summed E-state index contributed by atoms with van der Waals surface area (Å²) in [5.74, 6) is -0.596. The molecule has 1 atom stereocenters. The second-order valence-electron chi connectivity index (χ2n) is 4.48. The number of anilines is 2. The average molecular weight is 303 g/mol.